The summed E-state index contributed by atoms with van der Waals surface area (Å²) in [5, 5.41) is 11.0. The Morgan fingerprint density at radius 1 is 1.44 bits per heavy atom. The van der Waals surface area contributed by atoms with E-state index in [4.69, 9.17) is 0 Å². The summed E-state index contributed by atoms with van der Waals surface area (Å²) >= 11 is 0. The van der Waals surface area contributed by atoms with Crippen LogP contribution in [0.15, 0.2) is 18.2 Å². The van der Waals surface area contributed by atoms with Gasteiger partial charge < -0.3 is 14.8 Å². The molecule has 2 N–H and O–H groups in total. The quantitative estimate of drug-likeness (QED) is 0.794. The summed E-state index contributed by atoms with van der Waals surface area (Å²) in [7, 11) is 1.28. The Morgan fingerprint density at radius 3 is 3.06 bits per heavy atom. The van der Waals surface area contributed by atoms with Gasteiger partial charge in [-0.1, -0.05) is 6.07 Å². The fourth-order valence-electron chi connectivity index (χ4n) is 2.68. The van der Waals surface area contributed by atoms with Crippen molar-refractivity contribution in [3.8, 4) is 0 Å². The van der Waals surface area contributed by atoms with Gasteiger partial charge in [0, 0.05) is 16.6 Å². The molecular formula is C14H15NO3. The molecule has 94 valence electrons. The number of carbonyl (C=O) groups excluding carboxylic acids is 1. The molecular weight excluding hydrogens is 230 g/mol. The standard InChI is InChI=1S/C14H15NO3/c1-18-14(17)13(16)8-5-6-12-10(7-8)9-3-2-4-11(9)15-12/h5-7,13,15-16H,2-4H2,1H3. The molecule has 4 nitrogen and oxygen atoms in total. The van der Waals surface area contributed by atoms with Crippen LogP contribution in [-0.2, 0) is 22.4 Å². The van der Waals surface area contributed by atoms with Crippen molar-refractivity contribution in [3.05, 3.63) is 35.0 Å². The Hall–Kier alpha value is -1.81. The van der Waals surface area contributed by atoms with E-state index in [1.807, 2.05) is 12.1 Å². The minimum absolute atomic E-state index is 0.586. The van der Waals surface area contributed by atoms with E-state index in [1.54, 1.807) is 6.07 Å². The third-order valence-electron chi connectivity index (χ3n) is 3.61. The summed E-state index contributed by atoms with van der Waals surface area (Å²) in [6.07, 6.45) is 2.11. The number of aromatic amines is 1. The predicted molar refractivity (Wildman–Crippen MR) is 67.3 cm³/mol. The summed E-state index contributed by atoms with van der Waals surface area (Å²) in [5.74, 6) is -0.624. The van der Waals surface area contributed by atoms with Crippen LogP contribution >= 0.6 is 0 Å². The van der Waals surface area contributed by atoms with Crippen molar-refractivity contribution in [2.45, 2.75) is 25.4 Å². The molecule has 0 radical (unpaired) electrons. The Labute approximate surface area is 105 Å². The van der Waals surface area contributed by atoms with Crippen LogP contribution in [0.25, 0.3) is 10.9 Å². The first-order chi connectivity index (χ1) is 8.70. The Balaban J connectivity index is 2.07. The van der Waals surface area contributed by atoms with Gasteiger partial charge in [-0.25, -0.2) is 4.79 Å². The van der Waals surface area contributed by atoms with E-state index in [1.165, 1.54) is 24.8 Å². The minimum atomic E-state index is -1.20. The van der Waals surface area contributed by atoms with E-state index in [9.17, 15) is 9.90 Å². The van der Waals surface area contributed by atoms with Crippen molar-refractivity contribution in [2.24, 2.45) is 0 Å². The maximum Gasteiger partial charge on any atom is 0.339 e. The molecule has 2 aromatic rings. The van der Waals surface area contributed by atoms with E-state index < -0.39 is 12.1 Å². The van der Waals surface area contributed by atoms with Crippen LogP contribution in [-0.4, -0.2) is 23.2 Å². The molecule has 1 aliphatic carbocycles. The fraction of sp³-hybridized carbons (Fsp3) is 0.357. The summed E-state index contributed by atoms with van der Waals surface area (Å²) in [6.45, 7) is 0. The first kappa shape index (κ1) is 11.3. The molecule has 0 saturated carbocycles. The van der Waals surface area contributed by atoms with Crippen molar-refractivity contribution in [2.75, 3.05) is 7.11 Å². The van der Waals surface area contributed by atoms with Gasteiger partial charge >= 0.3 is 5.97 Å². The van der Waals surface area contributed by atoms with Crippen LogP contribution in [0.2, 0.25) is 0 Å². The van der Waals surface area contributed by atoms with Gasteiger partial charge in [0.05, 0.1) is 7.11 Å². The van der Waals surface area contributed by atoms with E-state index in [0.717, 1.165) is 23.7 Å². The molecule has 18 heavy (non-hydrogen) atoms. The normalized spacial score (nSPS) is 15.7. The third kappa shape index (κ3) is 1.61. The molecule has 0 saturated heterocycles. The maximum atomic E-state index is 11.3. The molecule has 3 rings (SSSR count). The molecule has 0 amide bonds. The number of benzene rings is 1. The average molecular weight is 245 g/mol. The molecule has 4 heteroatoms. The highest BCUT2D eigenvalue weighted by Crippen LogP contribution is 2.31. The topological polar surface area (TPSA) is 62.3 Å². The Bertz CT molecular complexity index is 615. The number of hydrogen-bond donors (Lipinski definition) is 2. The van der Waals surface area contributed by atoms with Crippen LogP contribution in [0, 0.1) is 0 Å². The highest BCUT2D eigenvalue weighted by atomic mass is 16.5. The number of hydrogen-bond acceptors (Lipinski definition) is 3. The van der Waals surface area contributed by atoms with Crippen molar-refractivity contribution in [3.63, 3.8) is 0 Å². The lowest BCUT2D eigenvalue weighted by Crippen LogP contribution is -2.13. The third-order valence-corrected chi connectivity index (χ3v) is 3.61. The largest absolute Gasteiger partial charge is 0.467 e. The fourth-order valence-corrected chi connectivity index (χ4v) is 2.68. The molecule has 1 aromatic carbocycles. The first-order valence-corrected chi connectivity index (χ1v) is 6.10. The number of aryl methyl sites for hydroxylation is 2. The first-order valence-electron chi connectivity index (χ1n) is 6.10. The van der Waals surface area contributed by atoms with E-state index in [0.29, 0.717) is 5.56 Å². The van der Waals surface area contributed by atoms with E-state index >= 15 is 0 Å². The molecule has 0 bridgehead atoms. The summed E-state index contributed by atoms with van der Waals surface area (Å²) in [6, 6.07) is 5.56. The number of nitrogens with one attached hydrogen (secondary N) is 1. The zero-order valence-electron chi connectivity index (χ0n) is 10.2. The Kier molecular flexibility index (Phi) is 2.59. The number of fused-ring (bicyclic) bond motifs is 3. The lowest BCUT2D eigenvalue weighted by Gasteiger charge is -2.08. The van der Waals surface area contributed by atoms with Gasteiger partial charge in [0.1, 0.15) is 0 Å². The molecule has 1 unspecified atom stereocenters. The van der Waals surface area contributed by atoms with Crippen molar-refractivity contribution in [1.29, 1.82) is 0 Å². The number of ether oxygens (including phenoxy) is 1. The number of rotatable bonds is 2. The SMILES string of the molecule is COC(=O)C(O)c1ccc2[nH]c3c(c2c1)CCC3. The number of aliphatic hydroxyl groups excluding tert-OH is 1. The zero-order chi connectivity index (χ0) is 12.7. The van der Waals surface area contributed by atoms with Crippen LogP contribution in [0.1, 0.15) is 29.3 Å². The molecule has 1 aliphatic rings. The van der Waals surface area contributed by atoms with Gasteiger partial charge in [0.25, 0.3) is 0 Å². The molecule has 0 aliphatic heterocycles. The molecule has 1 atom stereocenters. The molecule has 0 fully saturated rings. The zero-order valence-corrected chi connectivity index (χ0v) is 10.2. The van der Waals surface area contributed by atoms with Gasteiger partial charge in [0.15, 0.2) is 6.10 Å². The van der Waals surface area contributed by atoms with Gasteiger partial charge in [0.2, 0.25) is 0 Å². The van der Waals surface area contributed by atoms with Gasteiger partial charge in [-0.2, -0.15) is 0 Å². The number of esters is 1. The number of methoxy groups -OCH3 is 1. The van der Waals surface area contributed by atoms with Crippen LogP contribution in [0.3, 0.4) is 0 Å². The number of H-pyrrole nitrogens is 1. The summed E-state index contributed by atoms with van der Waals surface area (Å²) in [5.41, 5.74) is 4.27. The van der Waals surface area contributed by atoms with E-state index in [-0.39, 0.29) is 0 Å². The maximum absolute atomic E-state index is 11.3. The molecule has 0 spiro atoms. The van der Waals surface area contributed by atoms with Crippen LogP contribution in [0.5, 0.6) is 0 Å². The predicted octanol–water partition coefficient (Wildman–Crippen LogP) is 1.86. The van der Waals surface area contributed by atoms with Crippen LogP contribution in [0.4, 0.5) is 0 Å². The number of aliphatic hydroxyl groups is 1. The minimum Gasteiger partial charge on any atom is -0.467 e. The second kappa shape index (κ2) is 4.14. The monoisotopic (exact) mass is 245 g/mol. The molecule has 1 heterocycles. The van der Waals surface area contributed by atoms with Gasteiger partial charge in [-0.05, 0) is 42.5 Å². The van der Waals surface area contributed by atoms with Crippen molar-refractivity contribution < 1.29 is 14.6 Å². The molecule has 1 aromatic heterocycles. The Morgan fingerprint density at radius 2 is 2.28 bits per heavy atom. The summed E-state index contributed by atoms with van der Waals surface area (Å²) < 4.78 is 4.56. The van der Waals surface area contributed by atoms with Gasteiger partial charge in [-0.3, -0.25) is 0 Å². The highest BCUT2D eigenvalue weighted by Gasteiger charge is 2.21. The van der Waals surface area contributed by atoms with Crippen molar-refractivity contribution >= 4 is 16.9 Å². The lowest BCUT2D eigenvalue weighted by atomic mass is 10.0. The summed E-state index contributed by atoms with van der Waals surface area (Å²) in [4.78, 5) is 14.7. The van der Waals surface area contributed by atoms with Crippen molar-refractivity contribution in [1.82, 2.24) is 4.98 Å². The highest BCUT2D eigenvalue weighted by molar-refractivity contribution is 5.87. The van der Waals surface area contributed by atoms with E-state index in [2.05, 4.69) is 9.72 Å². The second-order valence-corrected chi connectivity index (χ2v) is 4.67. The smallest absolute Gasteiger partial charge is 0.339 e. The van der Waals surface area contributed by atoms with Gasteiger partial charge in [-0.15, -0.1) is 0 Å². The number of carbonyl (C=O) groups is 1. The van der Waals surface area contributed by atoms with Crippen LogP contribution < -0.4 is 0 Å². The second-order valence-electron chi connectivity index (χ2n) is 4.67. The number of aromatic nitrogens is 1. The lowest BCUT2D eigenvalue weighted by molar-refractivity contribution is -0.150. The average Bonchev–Trinajstić information content (AvgIpc) is 2.96.